The van der Waals surface area contributed by atoms with Crippen LogP contribution in [0.4, 0.5) is 0 Å². The summed E-state index contributed by atoms with van der Waals surface area (Å²) in [5, 5.41) is 7.61. The van der Waals surface area contributed by atoms with Gasteiger partial charge in [-0.2, -0.15) is 0 Å². The number of carbonyl (C=O) groups excluding carboxylic acids is 1. The first-order valence-corrected chi connectivity index (χ1v) is 11.7. The summed E-state index contributed by atoms with van der Waals surface area (Å²) in [5.74, 6) is -0.159. The van der Waals surface area contributed by atoms with E-state index in [0.717, 1.165) is 23.3 Å². The van der Waals surface area contributed by atoms with Gasteiger partial charge in [-0.05, 0) is 29.9 Å². The Bertz CT molecular complexity index is 1240. The molecule has 152 valence electrons. The predicted octanol–water partition coefficient (Wildman–Crippen LogP) is 4.42. The molecule has 0 aliphatic heterocycles. The third-order valence-corrected chi connectivity index (χ3v) is 7.77. The molecule has 1 N–H and O–H groups in total. The number of amides is 1. The molecule has 0 saturated heterocycles. The summed E-state index contributed by atoms with van der Waals surface area (Å²) in [4.78, 5) is 31.9. The summed E-state index contributed by atoms with van der Waals surface area (Å²) in [7, 11) is 0. The number of hydrogen-bond acceptors (Lipinski definition) is 5. The van der Waals surface area contributed by atoms with Crippen LogP contribution in [0.5, 0.6) is 0 Å². The first kappa shape index (κ1) is 19.2. The smallest absolute Gasteiger partial charge is 0.263 e. The summed E-state index contributed by atoms with van der Waals surface area (Å²) >= 11 is 3.05. The summed E-state index contributed by atoms with van der Waals surface area (Å²) < 4.78 is 1.41. The molecule has 1 aliphatic rings. The highest BCUT2D eigenvalue weighted by atomic mass is 32.1. The Hall–Kier alpha value is -2.77. The van der Waals surface area contributed by atoms with Gasteiger partial charge in [0.05, 0.1) is 11.7 Å². The van der Waals surface area contributed by atoms with Crippen LogP contribution < -0.4 is 10.9 Å². The molecule has 1 amide bonds. The van der Waals surface area contributed by atoms with Crippen molar-refractivity contribution < 1.29 is 4.79 Å². The Morgan fingerprint density at radius 1 is 1.13 bits per heavy atom. The summed E-state index contributed by atoms with van der Waals surface area (Å²) in [6, 6.07) is 14.3. The van der Waals surface area contributed by atoms with E-state index >= 15 is 0 Å². The predicted molar refractivity (Wildman–Crippen MR) is 122 cm³/mol. The van der Waals surface area contributed by atoms with Crippen molar-refractivity contribution >= 4 is 38.8 Å². The lowest BCUT2D eigenvalue weighted by molar-refractivity contribution is -0.122. The molecule has 1 aliphatic carbocycles. The first-order valence-electron chi connectivity index (χ1n) is 9.99. The van der Waals surface area contributed by atoms with E-state index in [0.29, 0.717) is 16.8 Å². The van der Waals surface area contributed by atoms with Gasteiger partial charge in [-0.1, -0.05) is 42.8 Å². The Morgan fingerprint density at radius 3 is 2.67 bits per heavy atom. The number of thiophene rings is 2. The highest BCUT2D eigenvalue weighted by molar-refractivity contribution is 7.18. The molecule has 0 unspecified atom stereocenters. The maximum atomic E-state index is 13.1. The molecule has 3 aromatic heterocycles. The number of nitrogens with zero attached hydrogens (tertiary/aromatic N) is 2. The first-order chi connectivity index (χ1) is 14.7. The second-order valence-electron chi connectivity index (χ2n) is 7.76. The van der Waals surface area contributed by atoms with Crippen LogP contribution in [0.3, 0.4) is 0 Å². The van der Waals surface area contributed by atoms with Crippen molar-refractivity contribution in [2.24, 2.45) is 0 Å². The van der Waals surface area contributed by atoms with E-state index in [4.69, 9.17) is 0 Å². The van der Waals surface area contributed by atoms with Crippen molar-refractivity contribution in [3.63, 3.8) is 0 Å². The summed E-state index contributed by atoms with van der Waals surface area (Å²) in [6.45, 7) is 0.575. The molecule has 30 heavy (non-hydrogen) atoms. The number of rotatable bonds is 6. The van der Waals surface area contributed by atoms with Gasteiger partial charge >= 0.3 is 0 Å². The average Bonchev–Trinajstić information content (AvgIpc) is 3.40. The Morgan fingerprint density at radius 2 is 1.97 bits per heavy atom. The summed E-state index contributed by atoms with van der Waals surface area (Å²) in [5.41, 5.74) is 2.02. The van der Waals surface area contributed by atoms with Gasteiger partial charge in [-0.15, -0.1) is 22.7 Å². The largest absolute Gasteiger partial charge is 0.354 e. The van der Waals surface area contributed by atoms with Gasteiger partial charge in [0.2, 0.25) is 5.91 Å². The molecule has 4 aromatic rings. The average molecular weight is 436 g/mol. The van der Waals surface area contributed by atoms with E-state index in [1.54, 1.807) is 11.3 Å². The van der Waals surface area contributed by atoms with Gasteiger partial charge in [-0.3, -0.25) is 14.2 Å². The van der Waals surface area contributed by atoms with Gasteiger partial charge in [0.1, 0.15) is 11.4 Å². The second kappa shape index (κ2) is 7.81. The fourth-order valence-corrected chi connectivity index (χ4v) is 5.86. The normalized spacial score (nSPS) is 15.1. The minimum Gasteiger partial charge on any atom is -0.354 e. The molecule has 0 spiro atoms. The van der Waals surface area contributed by atoms with Gasteiger partial charge < -0.3 is 5.32 Å². The van der Waals surface area contributed by atoms with Gasteiger partial charge in [0, 0.05) is 27.8 Å². The van der Waals surface area contributed by atoms with Crippen molar-refractivity contribution in [2.45, 2.75) is 31.2 Å². The third-order valence-electron chi connectivity index (χ3n) is 5.98. The van der Waals surface area contributed by atoms with Crippen LogP contribution >= 0.6 is 22.7 Å². The lowest BCUT2D eigenvalue weighted by Gasteiger charge is -2.42. The maximum Gasteiger partial charge on any atom is 0.263 e. The molecule has 0 bridgehead atoms. The molecule has 5 rings (SSSR count). The molecule has 0 atom stereocenters. The van der Waals surface area contributed by atoms with Gasteiger partial charge in [0.15, 0.2) is 0 Å². The van der Waals surface area contributed by atoms with E-state index in [9.17, 15) is 9.59 Å². The van der Waals surface area contributed by atoms with Crippen molar-refractivity contribution in [1.82, 2.24) is 14.9 Å². The fraction of sp³-hybridized carbons (Fsp3) is 0.261. The maximum absolute atomic E-state index is 13.1. The molecule has 1 fully saturated rings. The number of hydrogen-bond donors (Lipinski definition) is 1. The highest BCUT2D eigenvalue weighted by Crippen LogP contribution is 2.43. The van der Waals surface area contributed by atoms with E-state index in [1.165, 1.54) is 34.2 Å². The van der Waals surface area contributed by atoms with Crippen LogP contribution in [0.15, 0.2) is 64.3 Å². The topological polar surface area (TPSA) is 64.0 Å². The summed E-state index contributed by atoms with van der Waals surface area (Å²) in [6.07, 6.45) is 4.80. The zero-order chi connectivity index (χ0) is 20.6. The standard InChI is InChI=1S/C23H21N3O2S2/c27-19(24-14-23(9-5-10-23)16-6-2-1-3-7-16)12-26-15-25-21-20(22(26)28)17(13-30-21)18-8-4-11-29-18/h1-4,6-8,11,13,15H,5,9-10,12,14H2,(H,24,27). The molecule has 1 saturated carbocycles. The number of carbonyl (C=O) groups is 1. The van der Waals surface area contributed by atoms with E-state index < -0.39 is 0 Å². The second-order valence-corrected chi connectivity index (χ2v) is 9.57. The zero-order valence-corrected chi connectivity index (χ0v) is 18.0. The number of nitrogens with one attached hydrogen (secondary N) is 1. The number of aromatic nitrogens is 2. The lowest BCUT2D eigenvalue weighted by Crippen LogP contribution is -2.46. The van der Waals surface area contributed by atoms with Gasteiger partial charge in [0.25, 0.3) is 5.56 Å². The van der Waals surface area contributed by atoms with Crippen LogP contribution in [-0.2, 0) is 16.8 Å². The van der Waals surface area contributed by atoms with Crippen LogP contribution in [-0.4, -0.2) is 22.0 Å². The van der Waals surface area contributed by atoms with Crippen LogP contribution in [0.2, 0.25) is 0 Å². The highest BCUT2D eigenvalue weighted by Gasteiger charge is 2.38. The SMILES string of the molecule is O=C(Cn1cnc2scc(-c3cccs3)c2c1=O)NCC1(c2ccccc2)CCC1. The quantitative estimate of drug-likeness (QED) is 0.487. The molecular weight excluding hydrogens is 414 g/mol. The van der Waals surface area contributed by atoms with Crippen LogP contribution in [0, 0.1) is 0 Å². The Balaban J connectivity index is 1.35. The van der Waals surface area contributed by atoms with Crippen LogP contribution in [0.1, 0.15) is 24.8 Å². The van der Waals surface area contributed by atoms with E-state index in [-0.39, 0.29) is 23.4 Å². The Labute approximate surface area is 182 Å². The molecular formula is C23H21N3O2S2. The van der Waals surface area contributed by atoms with E-state index in [2.05, 4.69) is 22.4 Å². The molecule has 0 radical (unpaired) electrons. The molecule has 5 nitrogen and oxygen atoms in total. The van der Waals surface area contributed by atoms with Crippen LogP contribution in [0.25, 0.3) is 20.7 Å². The molecule has 3 heterocycles. The number of benzene rings is 1. The van der Waals surface area contributed by atoms with Crippen molar-refractivity contribution in [1.29, 1.82) is 0 Å². The monoisotopic (exact) mass is 435 g/mol. The molecule has 1 aromatic carbocycles. The minimum atomic E-state index is -0.166. The zero-order valence-electron chi connectivity index (χ0n) is 16.3. The van der Waals surface area contributed by atoms with E-state index in [1.807, 2.05) is 41.1 Å². The van der Waals surface area contributed by atoms with Gasteiger partial charge in [-0.25, -0.2) is 4.98 Å². The lowest BCUT2D eigenvalue weighted by atomic mass is 9.64. The van der Waals surface area contributed by atoms with Crippen molar-refractivity contribution in [3.05, 3.63) is 75.5 Å². The number of fused-ring (bicyclic) bond motifs is 1. The Kier molecular flexibility index (Phi) is 5.00. The fourth-order valence-electron chi connectivity index (χ4n) is 4.13. The minimum absolute atomic E-state index is 0.0176. The molecule has 7 heteroatoms. The van der Waals surface area contributed by atoms with Crippen molar-refractivity contribution in [2.75, 3.05) is 6.54 Å². The van der Waals surface area contributed by atoms with Crippen molar-refractivity contribution in [3.8, 4) is 10.4 Å². The third kappa shape index (κ3) is 3.38.